The number of carbonyl (C=O) groups is 2. The van der Waals surface area contributed by atoms with Crippen LogP contribution in [0.3, 0.4) is 0 Å². The Hall–Kier alpha value is -2.11. The first kappa shape index (κ1) is 13.9. The van der Waals surface area contributed by atoms with Crippen LogP contribution in [0.2, 0.25) is 0 Å². The van der Waals surface area contributed by atoms with Gasteiger partial charge < -0.3 is 5.11 Å². The molecule has 0 saturated heterocycles. The Morgan fingerprint density at radius 1 is 0.905 bits per heavy atom. The Kier molecular flexibility index (Phi) is 3.77. The summed E-state index contributed by atoms with van der Waals surface area (Å²) >= 11 is 1.42. The number of thioether (sulfide) groups is 1. The maximum Gasteiger partial charge on any atom is 0.262 e. The van der Waals surface area contributed by atoms with Gasteiger partial charge in [-0.1, -0.05) is 24.3 Å². The molecule has 0 atom stereocenters. The molecule has 4 nitrogen and oxygen atoms in total. The van der Waals surface area contributed by atoms with Crippen LogP contribution >= 0.6 is 11.8 Å². The molecular weight excluding hydrogens is 286 g/mol. The summed E-state index contributed by atoms with van der Waals surface area (Å²) in [5, 5.41) is 9.00. The minimum absolute atomic E-state index is 0.00333. The van der Waals surface area contributed by atoms with E-state index in [2.05, 4.69) is 0 Å². The normalized spacial score (nSPS) is 13.7. The molecule has 1 aliphatic rings. The first-order valence-corrected chi connectivity index (χ1v) is 7.47. The number of hydrogen-bond acceptors (Lipinski definition) is 4. The lowest BCUT2D eigenvalue weighted by Crippen LogP contribution is -2.29. The van der Waals surface area contributed by atoms with Crippen molar-refractivity contribution in [2.75, 3.05) is 5.88 Å². The van der Waals surface area contributed by atoms with E-state index in [0.717, 1.165) is 10.5 Å². The number of nitrogens with zero attached hydrogens (tertiary/aromatic N) is 1. The molecule has 3 rings (SSSR count). The summed E-state index contributed by atoms with van der Waals surface area (Å²) in [6, 6.07) is 14.3. The molecule has 0 aliphatic carbocycles. The van der Waals surface area contributed by atoms with Gasteiger partial charge in [-0.15, -0.1) is 11.8 Å². The zero-order valence-corrected chi connectivity index (χ0v) is 12.0. The van der Waals surface area contributed by atoms with E-state index in [1.807, 2.05) is 24.3 Å². The highest BCUT2D eigenvalue weighted by molar-refractivity contribution is 7.99. The number of aliphatic hydroxyl groups excluding tert-OH is 1. The second-order valence-corrected chi connectivity index (χ2v) is 5.68. The van der Waals surface area contributed by atoms with Gasteiger partial charge in [0.15, 0.2) is 0 Å². The highest BCUT2D eigenvalue weighted by Crippen LogP contribution is 2.27. The van der Waals surface area contributed by atoms with Crippen molar-refractivity contribution in [3.63, 3.8) is 0 Å². The number of carbonyl (C=O) groups excluding carboxylic acids is 2. The molecule has 2 aromatic rings. The molecule has 0 unspecified atom stereocenters. The van der Waals surface area contributed by atoms with Crippen LogP contribution in [0.25, 0.3) is 0 Å². The molecule has 0 aromatic heterocycles. The van der Waals surface area contributed by atoms with E-state index in [0.29, 0.717) is 11.1 Å². The number of amides is 2. The molecule has 2 aromatic carbocycles. The van der Waals surface area contributed by atoms with Gasteiger partial charge in [0, 0.05) is 4.90 Å². The molecule has 0 radical (unpaired) electrons. The molecular formula is C16H13NO3S. The molecule has 0 bridgehead atoms. The largest absolute Gasteiger partial charge is 0.392 e. The van der Waals surface area contributed by atoms with Crippen LogP contribution in [0.5, 0.6) is 0 Å². The van der Waals surface area contributed by atoms with Crippen molar-refractivity contribution in [3.8, 4) is 0 Å². The van der Waals surface area contributed by atoms with Gasteiger partial charge in [-0.25, -0.2) is 0 Å². The van der Waals surface area contributed by atoms with Crippen LogP contribution in [-0.2, 0) is 6.61 Å². The molecule has 1 N–H and O–H groups in total. The molecule has 0 spiro atoms. The van der Waals surface area contributed by atoms with Gasteiger partial charge in [0.05, 0.1) is 23.6 Å². The summed E-state index contributed by atoms with van der Waals surface area (Å²) in [5.74, 6) is -0.199. The highest BCUT2D eigenvalue weighted by Gasteiger charge is 2.34. The van der Waals surface area contributed by atoms with Gasteiger partial charge in [-0.05, 0) is 29.8 Å². The summed E-state index contributed by atoms with van der Waals surface area (Å²) < 4.78 is 0. The number of imide groups is 1. The van der Waals surface area contributed by atoms with Gasteiger partial charge in [-0.3, -0.25) is 14.5 Å². The minimum Gasteiger partial charge on any atom is -0.392 e. The second kappa shape index (κ2) is 5.71. The monoisotopic (exact) mass is 299 g/mol. The van der Waals surface area contributed by atoms with E-state index >= 15 is 0 Å². The highest BCUT2D eigenvalue weighted by atomic mass is 32.2. The maximum atomic E-state index is 12.2. The summed E-state index contributed by atoms with van der Waals surface area (Å²) in [5.41, 5.74) is 1.78. The average Bonchev–Trinajstić information content (AvgIpc) is 2.78. The fraction of sp³-hybridized carbons (Fsp3) is 0.125. The fourth-order valence-corrected chi connectivity index (χ4v) is 3.03. The first-order valence-electron chi connectivity index (χ1n) is 6.48. The Morgan fingerprint density at radius 3 is 2.00 bits per heavy atom. The van der Waals surface area contributed by atoms with Gasteiger partial charge in [0.25, 0.3) is 11.8 Å². The lowest BCUT2D eigenvalue weighted by Gasteiger charge is -2.13. The second-order valence-electron chi connectivity index (χ2n) is 4.66. The Bertz CT molecular complexity index is 662. The quantitative estimate of drug-likeness (QED) is 0.696. The lowest BCUT2D eigenvalue weighted by atomic mass is 10.1. The van der Waals surface area contributed by atoms with E-state index in [9.17, 15) is 9.59 Å². The average molecular weight is 299 g/mol. The number of fused-ring (bicyclic) bond motifs is 1. The molecule has 0 fully saturated rings. The van der Waals surface area contributed by atoms with Crippen LogP contribution in [-0.4, -0.2) is 27.7 Å². The number of benzene rings is 2. The van der Waals surface area contributed by atoms with E-state index in [1.54, 1.807) is 24.3 Å². The van der Waals surface area contributed by atoms with Crippen molar-refractivity contribution < 1.29 is 14.7 Å². The van der Waals surface area contributed by atoms with Crippen molar-refractivity contribution in [2.45, 2.75) is 11.5 Å². The Labute approximate surface area is 126 Å². The summed E-state index contributed by atoms with van der Waals surface area (Å²) in [6.07, 6.45) is 0. The SMILES string of the molecule is O=C1c2ccccc2C(=O)N1CSc1ccc(CO)cc1. The van der Waals surface area contributed by atoms with Crippen molar-refractivity contribution in [1.29, 1.82) is 0 Å². The van der Waals surface area contributed by atoms with Gasteiger partial charge in [0.1, 0.15) is 0 Å². The van der Waals surface area contributed by atoms with Crippen molar-refractivity contribution >= 4 is 23.6 Å². The standard InChI is InChI=1S/C16H13NO3S/c18-9-11-5-7-12(8-6-11)21-10-17-15(19)13-3-1-2-4-14(13)16(17)20/h1-8,18H,9-10H2. The molecule has 1 heterocycles. The predicted octanol–water partition coefficient (Wildman–Crippen LogP) is 2.52. The van der Waals surface area contributed by atoms with Crippen LogP contribution in [0.1, 0.15) is 26.3 Å². The Balaban J connectivity index is 1.72. The van der Waals surface area contributed by atoms with Gasteiger partial charge >= 0.3 is 0 Å². The van der Waals surface area contributed by atoms with Crippen molar-refractivity contribution in [1.82, 2.24) is 4.90 Å². The van der Waals surface area contributed by atoms with E-state index in [4.69, 9.17) is 5.11 Å². The topological polar surface area (TPSA) is 57.6 Å². The predicted molar refractivity (Wildman–Crippen MR) is 80.0 cm³/mol. The van der Waals surface area contributed by atoms with E-state index < -0.39 is 0 Å². The fourth-order valence-electron chi connectivity index (χ4n) is 2.19. The zero-order chi connectivity index (χ0) is 14.8. The van der Waals surface area contributed by atoms with Crippen LogP contribution in [0.15, 0.2) is 53.4 Å². The van der Waals surface area contributed by atoms with E-state index in [-0.39, 0.29) is 24.3 Å². The molecule has 5 heteroatoms. The lowest BCUT2D eigenvalue weighted by molar-refractivity contribution is 0.0684. The molecule has 2 amide bonds. The Morgan fingerprint density at radius 2 is 1.48 bits per heavy atom. The number of hydrogen-bond donors (Lipinski definition) is 1. The molecule has 1 aliphatic heterocycles. The zero-order valence-electron chi connectivity index (χ0n) is 11.2. The molecule has 106 valence electrons. The van der Waals surface area contributed by atoms with Crippen molar-refractivity contribution in [3.05, 3.63) is 65.2 Å². The summed E-state index contributed by atoms with van der Waals surface area (Å²) in [4.78, 5) is 26.6. The molecule has 21 heavy (non-hydrogen) atoms. The van der Waals surface area contributed by atoms with Gasteiger partial charge in [0.2, 0.25) is 0 Å². The van der Waals surface area contributed by atoms with Crippen LogP contribution < -0.4 is 0 Å². The summed E-state index contributed by atoms with van der Waals surface area (Å²) in [7, 11) is 0. The third-order valence-electron chi connectivity index (χ3n) is 3.34. The van der Waals surface area contributed by atoms with Crippen molar-refractivity contribution in [2.24, 2.45) is 0 Å². The summed E-state index contributed by atoms with van der Waals surface area (Å²) in [6.45, 7) is 0.00333. The van der Waals surface area contributed by atoms with E-state index in [1.165, 1.54) is 16.7 Å². The van der Waals surface area contributed by atoms with Gasteiger partial charge in [-0.2, -0.15) is 0 Å². The van der Waals surface area contributed by atoms with Crippen LogP contribution in [0.4, 0.5) is 0 Å². The third kappa shape index (κ3) is 2.57. The smallest absolute Gasteiger partial charge is 0.262 e. The molecule has 0 saturated carbocycles. The maximum absolute atomic E-state index is 12.2. The number of aliphatic hydroxyl groups is 1. The minimum atomic E-state index is -0.241. The number of rotatable bonds is 4. The van der Waals surface area contributed by atoms with Crippen LogP contribution in [0, 0.1) is 0 Å². The first-order chi connectivity index (χ1) is 10.2. The third-order valence-corrected chi connectivity index (χ3v) is 4.34.